The maximum Gasteiger partial charge on any atom is 0.173 e. The van der Waals surface area contributed by atoms with Crippen LogP contribution < -0.4 is 5.73 Å². The summed E-state index contributed by atoms with van der Waals surface area (Å²) in [5.74, 6) is -0.276. The second-order valence-corrected chi connectivity index (χ2v) is 5.67. The number of pyridine rings is 1. The van der Waals surface area contributed by atoms with Crippen molar-refractivity contribution in [2.45, 2.75) is 24.6 Å². The fourth-order valence-electron chi connectivity index (χ4n) is 1.97. The molecule has 0 amide bonds. The van der Waals surface area contributed by atoms with Crippen molar-refractivity contribution in [1.82, 2.24) is 4.98 Å². The molecule has 110 valence electrons. The number of amidine groups is 1. The highest BCUT2D eigenvalue weighted by Gasteiger charge is 2.12. The van der Waals surface area contributed by atoms with E-state index in [2.05, 4.69) is 10.1 Å². The summed E-state index contributed by atoms with van der Waals surface area (Å²) in [6.07, 6.45) is 0. The first-order valence-electron chi connectivity index (χ1n) is 6.34. The largest absolute Gasteiger partial charge is 0.409 e. The summed E-state index contributed by atoms with van der Waals surface area (Å²) in [5, 5.41) is 12.3. The summed E-state index contributed by atoms with van der Waals surface area (Å²) in [5.41, 5.74) is 8.10. The molecule has 4 nitrogen and oxygen atoms in total. The molecule has 6 heteroatoms. The predicted molar refractivity (Wildman–Crippen MR) is 82.2 cm³/mol. The molecule has 2 rings (SSSR count). The number of halogens is 1. The van der Waals surface area contributed by atoms with Crippen molar-refractivity contribution in [3.63, 3.8) is 0 Å². The minimum absolute atomic E-state index is 0.101. The Morgan fingerprint density at radius 3 is 2.81 bits per heavy atom. The third-order valence-electron chi connectivity index (χ3n) is 2.91. The summed E-state index contributed by atoms with van der Waals surface area (Å²) >= 11 is 1.45. The molecular formula is C15H16FN3OS. The van der Waals surface area contributed by atoms with Gasteiger partial charge in [0.15, 0.2) is 5.84 Å². The Labute approximate surface area is 126 Å². The Bertz CT molecular complexity index is 668. The Hall–Kier alpha value is -2.08. The molecule has 0 aliphatic rings. The van der Waals surface area contributed by atoms with E-state index in [-0.39, 0.29) is 11.4 Å². The van der Waals surface area contributed by atoms with Crippen LogP contribution in [0.25, 0.3) is 0 Å². The first-order valence-corrected chi connectivity index (χ1v) is 7.33. The molecule has 0 radical (unpaired) electrons. The van der Waals surface area contributed by atoms with E-state index in [1.54, 1.807) is 12.1 Å². The molecule has 1 heterocycles. The van der Waals surface area contributed by atoms with E-state index in [0.29, 0.717) is 11.3 Å². The van der Waals surface area contributed by atoms with Crippen molar-refractivity contribution in [3.8, 4) is 0 Å². The van der Waals surface area contributed by atoms with Gasteiger partial charge in [-0.25, -0.2) is 9.37 Å². The minimum atomic E-state index is -0.468. The lowest BCUT2D eigenvalue weighted by atomic mass is 10.1. The zero-order valence-electron chi connectivity index (χ0n) is 11.8. The van der Waals surface area contributed by atoms with Crippen molar-refractivity contribution in [2.24, 2.45) is 10.9 Å². The Balaban J connectivity index is 2.20. The smallest absolute Gasteiger partial charge is 0.173 e. The van der Waals surface area contributed by atoms with Gasteiger partial charge in [-0.05, 0) is 43.2 Å². The molecule has 0 spiro atoms. The zero-order chi connectivity index (χ0) is 15.4. The highest BCUT2D eigenvalue weighted by molar-refractivity contribution is 7.98. The number of nitrogens with zero attached hydrogens (tertiary/aromatic N) is 2. The molecule has 0 atom stereocenters. The fourth-order valence-corrected chi connectivity index (χ4v) is 2.98. The maximum absolute atomic E-state index is 14.3. The lowest BCUT2D eigenvalue weighted by Crippen LogP contribution is -2.15. The quantitative estimate of drug-likeness (QED) is 0.299. The average molecular weight is 305 g/mol. The van der Waals surface area contributed by atoms with E-state index < -0.39 is 5.82 Å². The van der Waals surface area contributed by atoms with Crippen molar-refractivity contribution < 1.29 is 9.60 Å². The summed E-state index contributed by atoms with van der Waals surface area (Å²) in [7, 11) is 0. The lowest BCUT2D eigenvalue weighted by Gasteiger charge is -2.08. The normalized spacial score (nSPS) is 11.7. The van der Waals surface area contributed by atoms with E-state index in [9.17, 15) is 4.39 Å². The minimum Gasteiger partial charge on any atom is -0.409 e. The second-order valence-electron chi connectivity index (χ2n) is 4.68. The van der Waals surface area contributed by atoms with Crippen LogP contribution in [0.15, 0.2) is 40.5 Å². The molecule has 0 bridgehead atoms. The van der Waals surface area contributed by atoms with Crippen molar-refractivity contribution in [1.29, 1.82) is 0 Å². The molecule has 0 fully saturated rings. The lowest BCUT2D eigenvalue weighted by molar-refractivity contribution is 0.318. The summed E-state index contributed by atoms with van der Waals surface area (Å²) in [6, 6.07) is 8.79. The van der Waals surface area contributed by atoms with Crippen LogP contribution >= 0.6 is 11.8 Å². The van der Waals surface area contributed by atoms with Gasteiger partial charge in [-0.2, -0.15) is 0 Å². The van der Waals surface area contributed by atoms with Gasteiger partial charge in [-0.3, -0.25) is 0 Å². The molecule has 2 aromatic rings. The molecule has 1 aromatic heterocycles. The number of rotatable bonds is 4. The second kappa shape index (κ2) is 6.58. The van der Waals surface area contributed by atoms with Gasteiger partial charge in [0.2, 0.25) is 0 Å². The van der Waals surface area contributed by atoms with E-state index in [4.69, 9.17) is 10.9 Å². The summed E-state index contributed by atoms with van der Waals surface area (Å²) < 4.78 is 14.3. The van der Waals surface area contributed by atoms with Crippen LogP contribution in [-0.4, -0.2) is 16.0 Å². The first-order chi connectivity index (χ1) is 10.0. The van der Waals surface area contributed by atoms with Crippen LogP contribution in [0.2, 0.25) is 0 Å². The van der Waals surface area contributed by atoms with Crippen molar-refractivity contribution >= 4 is 17.6 Å². The van der Waals surface area contributed by atoms with Gasteiger partial charge < -0.3 is 10.9 Å². The standard InChI is InChI=1S/C15H16FN3OS/c1-9-6-10(2)18-13(7-9)21-8-11-4-3-5-12(14(11)16)15(17)19-20/h3-7,20H,8H2,1-2H3,(H2,17,19). The van der Waals surface area contributed by atoms with Crippen LogP contribution in [0, 0.1) is 19.7 Å². The molecule has 0 aliphatic carbocycles. The Kier molecular flexibility index (Phi) is 4.80. The van der Waals surface area contributed by atoms with Gasteiger partial charge >= 0.3 is 0 Å². The number of oxime groups is 1. The highest BCUT2D eigenvalue weighted by Crippen LogP contribution is 2.24. The number of benzene rings is 1. The van der Waals surface area contributed by atoms with Gasteiger partial charge in [0.25, 0.3) is 0 Å². The number of hydrogen-bond donors (Lipinski definition) is 2. The van der Waals surface area contributed by atoms with Crippen LogP contribution in [0.4, 0.5) is 4.39 Å². The van der Waals surface area contributed by atoms with Crippen LogP contribution in [-0.2, 0) is 5.75 Å². The third kappa shape index (κ3) is 3.72. The summed E-state index contributed by atoms with van der Waals surface area (Å²) in [4.78, 5) is 4.40. The molecule has 0 saturated heterocycles. The SMILES string of the molecule is Cc1cc(C)nc(SCc2cccc(/C(N)=N/O)c2F)c1. The van der Waals surface area contributed by atoms with Gasteiger partial charge in [0, 0.05) is 11.4 Å². The number of thioether (sulfide) groups is 1. The fraction of sp³-hybridized carbons (Fsp3) is 0.200. The molecule has 21 heavy (non-hydrogen) atoms. The monoisotopic (exact) mass is 305 g/mol. The van der Waals surface area contributed by atoms with Crippen molar-refractivity contribution in [2.75, 3.05) is 0 Å². The van der Waals surface area contributed by atoms with Gasteiger partial charge in [-0.1, -0.05) is 17.3 Å². The first kappa shape index (κ1) is 15.3. The van der Waals surface area contributed by atoms with E-state index >= 15 is 0 Å². The molecule has 3 N–H and O–H groups in total. The number of aromatic nitrogens is 1. The highest BCUT2D eigenvalue weighted by atomic mass is 32.2. The summed E-state index contributed by atoms with van der Waals surface area (Å²) in [6.45, 7) is 3.93. The number of nitrogens with two attached hydrogens (primary N) is 1. The van der Waals surface area contributed by atoms with Gasteiger partial charge in [-0.15, -0.1) is 11.8 Å². The average Bonchev–Trinajstić information content (AvgIpc) is 2.44. The maximum atomic E-state index is 14.3. The Morgan fingerprint density at radius 1 is 1.38 bits per heavy atom. The number of hydrogen-bond acceptors (Lipinski definition) is 4. The number of aryl methyl sites for hydroxylation is 2. The predicted octanol–water partition coefficient (Wildman–Crippen LogP) is 3.22. The van der Waals surface area contributed by atoms with Gasteiger partial charge in [0.1, 0.15) is 5.82 Å². The molecule has 0 saturated carbocycles. The molecule has 1 aromatic carbocycles. The van der Waals surface area contributed by atoms with E-state index in [0.717, 1.165) is 16.3 Å². The Morgan fingerprint density at radius 2 is 2.14 bits per heavy atom. The topological polar surface area (TPSA) is 71.5 Å². The third-order valence-corrected chi connectivity index (χ3v) is 3.87. The van der Waals surface area contributed by atoms with E-state index in [1.807, 2.05) is 26.0 Å². The molecule has 0 aliphatic heterocycles. The van der Waals surface area contributed by atoms with E-state index in [1.165, 1.54) is 17.8 Å². The van der Waals surface area contributed by atoms with Crippen LogP contribution in [0.5, 0.6) is 0 Å². The molecule has 0 unspecified atom stereocenters. The van der Waals surface area contributed by atoms with Crippen LogP contribution in [0.1, 0.15) is 22.4 Å². The van der Waals surface area contributed by atoms with Crippen LogP contribution in [0.3, 0.4) is 0 Å². The molecular weight excluding hydrogens is 289 g/mol. The zero-order valence-corrected chi connectivity index (χ0v) is 12.6. The van der Waals surface area contributed by atoms with Gasteiger partial charge in [0.05, 0.1) is 10.6 Å². The van der Waals surface area contributed by atoms with Crippen molar-refractivity contribution in [3.05, 3.63) is 58.5 Å².